The largest absolute Gasteiger partial charge is 0.478 e. The Bertz CT molecular complexity index is 560. The molecule has 5 heteroatoms. The number of rotatable bonds is 3. The van der Waals surface area contributed by atoms with Crippen molar-refractivity contribution in [2.24, 2.45) is 0 Å². The molecule has 0 bridgehead atoms. The third kappa shape index (κ3) is 2.43. The van der Waals surface area contributed by atoms with E-state index >= 15 is 0 Å². The molecule has 16 heavy (non-hydrogen) atoms. The molecule has 1 aromatic heterocycles. The highest BCUT2D eigenvalue weighted by molar-refractivity contribution is 8.03. The summed E-state index contributed by atoms with van der Waals surface area (Å²) in [5.41, 5.74) is 2.14. The van der Waals surface area contributed by atoms with E-state index in [0.717, 1.165) is 26.2 Å². The molecule has 1 N–H and O–H groups in total. The molecule has 2 aromatic rings. The van der Waals surface area contributed by atoms with Crippen molar-refractivity contribution in [3.05, 3.63) is 35.2 Å². The monoisotopic (exact) mass is 251 g/mol. The number of carboxylic acids is 1. The molecule has 0 saturated carbocycles. The molecule has 82 valence electrons. The third-order valence-electron chi connectivity index (χ3n) is 1.98. The summed E-state index contributed by atoms with van der Waals surface area (Å²) >= 11 is 2.90. The Morgan fingerprint density at radius 3 is 3.06 bits per heavy atom. The maximum Gasteiger partial charge on any atom is 0.328 e. The number of hydrogen-bond acceptors (Lipinski definition) is 4. The minimum atomic E-state index is -0.940. The molecule has 0 aliphatic carbocycles. The third-order valence-corrected chi connectivity index (χ3v) is 3.90. The summed E-state index contributed by atoms with van der Waals surface area (Å²) in [6, 6.07) is 6.03. The molecule has 0 unspecified atom stereocenters. The molecule has 1 aromatic carbocycles. The number of benzene rings is 1. The number of fused-ring (bicyclic) bond motifs is 1. The van der Waals surface area contributed by atoms with E-state index in [2.05, 4.69) is 4.98 Å². The first kappa shape index (κ1) is 11.2. The van der Waals surface area contributed by atoms with Gasteiger partial charge in [-0.05, 0) is 24.0 Å². The maximum absolute atomic E-state index is 10.3. The zero-order chi connectivity index (χ0) is 11.5. The smallest absolute Gasteiger partial charge is 0.328 e. The molecule has 0 aliphatic heterocycles. The fourth-order valence-corrected chi connectivity index (χ4v) is 3.11. The van der Waals surface area contributed by atoms with Gasteiger partial charge < -0.3 is 5.11 Å². The van der Waals surface area contributed by atoms with Crippen molar-refractivity contribution in [3.8, 4) is 0 Å². The van der Waals surface area contributed by atoms with Crippen LogP contribution in [0, 0.1) is 6.92 Å². The topological polar surface area (TPSA) is 50.2 Å². The number of nitrogens with zero attached hydrogens (tertiary/aromatic N) is 1. The molecule has 2 rings (SSSR count). The van der Waals surface area contributed by atoms with Crippen LogP contribution in [0.1, 0.15) is 5.56 Å². The van der Waals surface area contributed by atoms with Gasteiger partial charge in [0, 0.05) is 6.08 Å². The lowest BCUT2D eigenvalue weighted by Gasteiger charge is -1.90. The van der Waals surface area contributed by atoms with Crippen molar-refractivity contribution in [2.45, 2.75) is 11.3 Å². The van der Waals surface area contributed by atoms with Crippen LogP contribution < -0.4 is 0 Å². The zero-order valence-electron chi connectivity index (χ0n) is 8.51. The van der Waals surface area contributed by atoms with Gasteiger partial charge in [0.25, 0.3) is 0 Å². The second-order valence-electron chi connectivity index (χ2n) is 3.16. The first-order valence-electron chi connectivity index (χ1n) is 4.59. The van der Waals surface area contributed by atoms with E-state index in [1.807, 2.05) is 25.1 Å². The normalized spacial score (nSPS) is 11.3. The summed E-state index contributed by atoms with van der Waals surface area (Å²) in [6.07, 6.45) is 1.11. The van der Waals surface area contributed by atoms with E-state index in [1.165, 1.54) is 17.2 Å². The van der Waals surface area contributed by atoms with Crippen LogP contribution >= 0.6 is 23.1 Å². The molecular weight excluding hydrogens is 242 g/mol. The Kier molecular flexibility index (Phi) is 3.26. The van der Waals surface area contributed by atoms with E-state index < -0.39 is 5.97 Å². The molecule has 0 fully saturated rings. The number of aromatic nitrogens is 1. The van der Waals surface area contributed by atoms with E-state index in [9.17, 15) is 4.79 Å². The molecule has 0 saturated heterocycles. The number of para-hydroxylation sites is 1. The average molecular weight is 251 g/mol. The van der Waals surface area contributed by atoms with Crippen LogP contribution in [0.3, 0.4) is 0 Å². The van der Waals surface area contributed by atoms with E-state index in [-0.39, 0.29) is 0 Å². The van der Waals surface area contributed by atoms with Crippen molar-refractivity contribution >= 4 is 39.3 Å². The Morgan fingerprint density at radius 2 is 2.38 bits per heavy atom. The Hall–Kier alpha value is -1.33. The van der Waals surface area contributed by atoms with Crippen molar-refractivity contribution in [1.82, 2.24) is 4.98 Å². The maximum atomic E-state index is 10.3. The highest BCUT2D eigenvalue weighted by Gasteiger charge is 2.04. The van der Waals surface area contributed by atoms with Gasteiger partial charge in [-0.1, -0.05) is 23.9 Å². The number of hydrogen-bond donors (Lipinski definition) is 1. The molecule has 0 aliphatic rings. The van der Waals surface area contributed by atoms with Crippen LogP contribution in [0.2, 0.25) is 0 Å². The molecule has 3 nitrogen and oxygen atoms in total. The summed E-state index contributed by atoms with van der Waals surface area (Å²) in [4.78, 5) is 14.7. The molecular formula is C11H9NO2S2. The lowest BCUT2D eigenvalue weighted by atomic mass is 10.2. The lowest BCUT2D eigenvalue weighted by molar-refractivity contribution is -0.131. The van der Waals surface area contributed by atoms with Crippen LogP contribution in [0.15, 0.2) is 34.0 Å². The molecule has 0 spiro atoms. The average Bonchev–Trinajstić information content (AvgIpc) is 2.61. The number of carboxylic acid groups (broad SMARTS) is 1. The molecule has 0 atom stereocenters. The van der Waals surface area contributed by atoms with Crippen LogP contribution in [0.25, 0.3) is 10.2 Å². The summed E-state index contributed by atoms with van der Waals surface area (Å²) in [6.45, 7) is 2.02. The number of thiazole rings is 1. The van der Waals surface area contributed by atoms with Gasteiger partial charge in [-0.3, -0.25) is 0 Å². The fourth-order valence-electron chi connectivity index (χ4n) is 1.27. The predicted octanol–water partition coefficient (Wildman–Crippen LogP) is 3.30. The Balaban J connectivity index is 2.26. The second kappa shape index (κ2) is 4.67. The Labute approximate surface area is 101 Å². The quantitative estimate of drug-likeness (QED) is 0.671. The summed E-state index contributed by atoms with van der Waals surface area (Å²) in [7, 11) is 0. The van der Waals surface area contributed by atoms with Crippen molar-refractivity contribution in [3.63, 3.8) is 0 Å². The number of thioether (sulfide) groups is 1. The zero-order valence-corrected chi connectivity index (χ0v) is 10.1. The van der Waals surface area contributed by atoms with Gasteiger partial charge in [-0.2, -0.15) is 0 Å². The van der Waals surface area contributed by atoms with E-state index in [1.54, 1.807) is 11.3 Å². The van der Waals surface area contributed by atoms with Crippen molar-refractivity contribution in [2.75, 3.05) is 0 Å². The minimum absolute atomic E-state index is 0.863. The van der Waals surface area contributed by atoms with Gasteiger partial charge in [-0.25, -0.2) is 9.78 Å². The van der Waals surface area contributed by atoms with E-state index in [4.69, 9.17) is 5.11 Å². The molecule has 0 amide bonds. The Morgan fingerprint density at radius 1 is 1.56 bits per heavy atom. The molecule has 0 radical (unpaired) electrons. The summed E-state index contributed by atoms with van der Waals surface area (Å²) in [5, 5.41) is 10.00. The van der Waals surface area contributed by atoms with Gasteiger partial charge in [0.05, 0.1) is 10.2 Å². The van der Waals surface area contributed by atoms with Crippen molar-refractivity contribution < 1.29 is 9.90 Å². The number of aryl methyl sites for hydroxylation is 1. The van der Waals surface area contributed by atoms with Crippen LogP contribution in [0.4, 0.5) is 0 Å². The van der Waals surface area contributed by atoms with Crippen LogP contribution in [-0.4, -0.2) is 16.1 Å². The number of carbonyl (C=O) groups is 1. The van der Waals surface area contributed by atoms with Gasteiger partial charge in [0.1, 0.15) is 0 Å². The van der Waals surface area contributed by atoms with Gasteiger partial charge in [0.15, 0.2) is 4.34 Å². The highest BCUT2D eigenvalue weighted by Crippen LogP contribution is 2.31. The van der Waals surface area contributed by atoms with Gasteiger partial charge >= 0.3 is 5.97 Å². The van der Waals surface area contributed by atoms with Crippen molar-refractivity contribution in [1.29, 1.82) is 0 Å². The van der Waals surface area contributed by atoms with Gasteiger partial charge in [0.2, 0.25) is 0 Å². The summed E-state index contributed by atoms with van der Waals surface area (Å²) < 4.78 is 1.99. The van der Waals surface area contributed by atoms with Crippen LogP contribution in [-0.2, 0) is 4.79 Å². The molecule has 1 heterocycles. The standard InChI is InChI=1S/C11H9NO2S2/c1-7-3-2-4-8-10(7)12-11(16-8)15-6-5-9(13)14/h2-6H,1H3,(H,13,14). The first-order chi connectivity index (χ1) is 7.66. The van der Waals surface area contributed by atoms with E-state index in [0.29, 0.717) is 0 Å². The fraction of sp³-hybridized carbons (Fsp3) is 0.0909. The first-order valence-corrected chi connectivity index (χ1v) is 6.29. The minimum Gasteiger partial charge on any atom is -0.478 e. The second-order valence-corrected chi connectivity index (χ2v) is 5.34. The van der Waals surface area contributed by atoms with Gasteiger partial charge in [-0.15, -0.1) is 11.3 Å². The predicted molar refractivity (Wildman–Crippen MR) is 67.0 cm³/mol. The lowest BCUT2D eigenvalue weighted by Crippen LogP contribution is -1.84. The number of aliphatic carboxylic acids is 1. The highest BCUT2D eigenvalue weighted by atomic mass is 32.2. The van der Waals surface area contributed by atoms with Crippen LogP contribution in [0.5, 0.6) is 0 Å². The SMILES string of the molecule is Cc1cccc2sc(SC=CC(=O)O)nc12. The summed E-state index contributed by atoms with van der Waals surface area (Å²) in [5.74, 6) is -0.940.